The van der Waals surface area contributed by atoms with Gasteiger partial charge in [-0.05, 0) is 0 Å². The van der Waals surface area contributed by atoms with Crippen LogP contribution in [0.2, 0.25) is 5.32 Å². The molecule has 0 saturated carbocycles. The van der Waals surface area contributed by atoms with Gasteiger partial charge in [0.1, 0.15) is 0 Å². The zero-order valence-electron chi connectivity index (χ0n) is 6.14. The van der Waals surface area contributed by atoms with Crippen molar-refractivity contribution in [2.24, 2.45) is 0 Å². The molecule has 0 aliphatic rings. The Balaban J connectivity index is 2.44. The minimum absolute atomic E-state index is 0.473. The molecule has 0 heterocycles. The predicted octanol–water partition coefficient (Wildman–Crippen LogP) is 2.00. The van der Waals surface area contributed by atoms with Crippen LogP contribution in [-0.4, -0.2) is 21.1 Å². The van der Waals surface area contributed by atoms with Gasteiger partial charge in [0, 0.05) is 0 Å². The average molecular weight is 239 g/mol. The van der Waals surface area contributed by atoms with E-state index in [1.54, 1.807) is 30.3 Å². The molecular formula is C8H7F3Se. The summed E-state index contributed by atoms with van der Waals surface area (Å²) in [5, 5.41) is -0.677. The molecule has 0 bridgehead atoms. The molecule has 1 rings (SSSR count). The van der Waals surface area contributed by atoms with E-state index in [0.717, 1.165) is 4.46 Å². The number of halogens is 3. The van der Waals surface area contributed by atoms with Gasteiger partial charge < -0.3 is 0 Å². The fourth-order valence-corrected chi connectivity index (χ4v) is 2.11. The van der Waals surface area contributed by atoms with Crippen LogP contribution in [0, 0.1) is 0 Å². The molecule has 0 nitrogen and oxygen atoms in total. The zero-order valence-corrected chi connectivity index (χ0v) is 7.85. The van der Waals surface area contributed by atoms with Crippen molar-refractivity contribution in [3.05, 3.63) is 30.3 Å². The van der Waals surface area contributed by atoms with E-state index in [9.17, 15) is 13.2 Å². The normalized spacial score (nSPS) is 11.6. The van der Waals surface area contributed by atoms with Gasteiger partial charge in [-0.15, -0.1) is 0 Å². The van der Waals surface area contributed by atoms with Crippen molar-refractivity contribution < 1.29 is 13.2 Å². The summed E-state index contributed by atoms with van der Waals surface area (Å²) in [5.41, 5.74) is 0. The molecule has 0 radical (unpaired) electrons. The van der Waals surface area contributed by atoms with Gasteiger partial charge in [-0.25, -0.2) is 0 Å². The van der Waals surface area contributed by atoms with E-state index < -0.39 is 26.5 Å². The van der Waals surface area contributed by atoms with Crippen molar-refractivity contribution in [3.8, 4) is 0 Å². The molecule has 0 amide bonds. The van der Waals surface area contributed by atoms with Crippen LogP contribution in [0.15, 0.2) is 30.3 Å². The van der Waals surface area contributed by atoms with Crippen LogP contribution in [0.1, 0.15) is 0 Å². The molecule has 0 aliphatic carbocycles. The summed E-state index contributed by atoms with van der Waals surface area (Å²) in [6.07, 6.45) is -4.02. The fraction of sp³-hybridized carbons (Fsp3) is 0.250. The molecule has 1 aromatic carbocycles. The molecule has 4 heteroatoms. The van der Waals surface area contributed by atoms with Crippen LogP contribution in [0.3, 0.4) is 0 Å². The van der Waals surface area contributed by atoms with E-state index in [4.69, 9.17) is 0 Å². The Morgan fingerprint density at radius 3 is 2.17 bits per heavy atom. The average Bonchev–Trinajstić information content (AvgIpc) is 2.02. The second-order valence-electron chi connectivity index (χ2n) is 2.22. The standard InChI is InChI=1S/C8H7F3Se/c9-8(10,11)6-12-7-4-2-1-3-5-7/h1-5H,6H2. The maximum atomic E-state index is 11.8. The fourth-order valence-electron chi connectivity index (χ4n) is 0.682. The van der Waals surface area contributed by atoms with Gasteiger partial charge in [0.05, 0.1) is 0 Å². The number of rotatable bonds is 2. The molecule has 12 heavy (non-hydrogen) atoms. The molecule has 0 aliphatic heterocycles. The van der Waals surface area contributed by atoms with Crippen LogP contribution in [0.4, 0.5) is 13.2 Å². The molecule has 66 valence electrons. The van der Waals surface area contributed by atoms with Crippen molar-refractivity contribution >= 4 is 19.4 Å². The molecule has 1 aromatic rings. The van der Waals surface area contributed by atoms with E-state index in [1.165, 1.54) is 0 Å². The van der Waals surface area contributed by atoms with Crippen molar-refractivity contribution in [1.29, 1.82) is 0 Å². The van der Waals surface area contributed by atoms with E-state index in [1.807, 2.05) is 0 Å². The first-order valence-electron chi connectivity index (χ1n) is 3.32. The van der Waals surface area contributed by atoms with Crippen molar-refractivity contribution in [3.63, 3.8) is 0 Å². The summed E-state index contributed by atoms with van der Waals surface area (Å²) < 4.78 is 36.1. The molecule has 0 aromatic heterocycles. The molecule has 0 atom stereocenters. The minimum atomic E-state index is -4.02. The third-order valence-electron chi connectivity index (χ3n) is 1.15. The first-order valence-corrected chi connectivity index (χ1v) is 5.39. The quantitative estimate of drug-likeness (QED) is 0.692. The van der Waals surface area contributed by atoms with Gasteiger partial charge in [0.15, 0.2) is 0 Å². The summed E-state index contributed by atoms with van der Waals surface area (Å²) in [6.45, 7) is 0. The number of hydrogen-bond acceptors (Lipinski definition) is 0. The molecule has 0 saturated heterocycles. The number of hydrogen-bond donors (Lipinski definition) is 0. The zero-order chi connectivity index (χ0) is 9.03. The molecule has 0 spiro atoms. The first-order chi connectivity index (χ1) is 5.58. The van der Waals surface area contributed by atoms with Gasteiger partial charge in [-0.1, -0.05) is 0 Å². The van der Waals surface area contributed by atoms with Gasteiger partial charge in [-0.2, -0.15) is 0 Å². The summed E-state index contributed by atoms with van der Waals surface area (Å²) >= 11 is -0.473. The Morgan fingerprint density at radius 2 is 1.67 bits per heavy atom. The summed E-state index contributed by atoms with van der Waals surface area (Å²) in [7, 11) is 0. The van der Waals surface area contributed by atoms with E-state index >= 15 is 0 Å². The summed E-state index contributed by atoms with van der Waals surface area (Å²) in [4.78, 5) is 0. The van der Waals surface area contributed by atoms with E-state index in [-0.39, 0.29) is 0 Å². The van der Waals surface area contributed by atoms with Crippen molar-refractivity contribution in [2.75, 3.05) is 0 Å². The van der Waals surface area contributed by atoms with Gasteiger partial charge >= 0.3 is 74.4 Å². The van der Waals surface area contributed by atoms with Crippen molar-refractivity contribution in [1.82, 2.24) is 0 Å². The monoisotopic (exact) mass is 240 g/mol. The Labute approximate surface area is 74.9 Å². The van der Waals surface area contributed by atoms with Crippen LogP contribution in [0.5, 0.6) is 0 Å². The predicted molar refractivity (Wildman–Crippen MR) is 42.7 cm³/mol. The summed E-state index contributed by atoms with van der Waals surface area (Å²) in [5.74, 6) is 0. The van der Waals surface area contributed by atoms with Gasteiger partial charge in [-0.3, -0.25) is 0 Å². The number of benzene rings is 1. The topological polar surface area (TPSA) is 0 Å². The van der Waals surface area contributed by atoms with Crippen LogP contribution < -0.4 is 4.46 Å². The Bertz CT molecular complexity index is 230. The number of alkyl halides is 3. The second-order valence-corrected chi connectivity index (χ2v) is 4.42. The Morgan fingerprint density at radius 1 is 1.08 bits per heavy atom. The van der Waals surface area contributed by atoms with E-state index in [0.29, 0.717) is 0 Å². The molecule has 0 N–H and O–H groups in total. The second kappa shape index (κ2) is 3.96. The third kappa shape index (κ3) is 3.79. The van der Waals surface area contributed by atoms with Crippen LogP contribution >= 0.6 is 0 Å². The molecular weight excluding hydrogens is 232 g/mol. The first kappa shape index (κ1) is 9.62. The Hall–Kier alpha value is -0.471. The van der Waals surface area contributed by atoms with Crippen LogP contribution in [-0.2, 0) is 0 Å². The Kier molecular flexibility index (Phi) is 3.18. The molecule has 0 unspecified atom stereocenters. The SMILES string of the molecule is FC(F)(F)C[Se]c1ccccc1. The van der Waals surface area contributed by atoms with Gasteiger partial charge in [0.25, 0.3) is 0 Å². The maximum absolute atomic E-state index is 11.8. The van der Waals surface area contributed by atoms with E-state index in [2.05, 4.69) is 0 Å². The van der Waals surface area contributed by atoms with Crippen molar-refractivity contribution in [2.45, 2.75) is 11.5 Å². The van der Waals surface area contributed by atoms with Crippen LogP contribution in [0.25, 0.3) is 0 Å². The molecule has 0 fully saturated rings. The van der Waals surface area contributed by atoms with Gasteiger partial charge in [0.2, 0.25) is 0 Å². The summed E-state index contributed by atoms with van der Waals surface area (Å²) in [6, 6.07) is 8.77. The third-order valence-corrected chi connectivity index (χ3v) is 3.41.